The molecule has 10 nitrogen and oxygen atoms in total. The van der Waals surface area contributed by atoms with Crippen LogP contribution in [0.4, 0.5) is 5.82 Å². The molecule has 0 aliphatic rings. The first-order valence-electron chi connectivity index (χ1n) is 10.6. The summed E-state index contributed by atoms with van der Waals surface area (Å²) in [4.78, 5) is 55.9. The molecule has 0 aliphatic carbocycles. The number of methoxy groups -OCH3 is 1. The van der Waals surface area contributed by atoms with Gasteiger partial charge in [-0.05, 0) is 17.7 Å². The normalized spacial score (nSPS) is 11.0. The highest BCUT2D eigenvalue weighted by Crippen LogP contribution is 2.23. The number of nitrogens with zero attached hydrogens (tertiary/aromatic N) is 4. The van der Waals surface area contributed by atoms with Gasteiger partial charge >= 0.3 is 11.7 Å². The number of ether oxygens (including phenoxy) is 1. The Kier molecular flexibility index (Phi) is 6.87. The Morgan fingerprint density at radius 1 is 1.03 bits per heavy atom. The molecule has 0 saturated carbocycles. The topological polar surface area (TPSA) is 131 Å². The Morgan fingerprint density at radius 2 is 1.71 bits per heavy atom. The summed E-state index contributed by atoms with van der Waals surface area (Å²) in [6.07, 6.45) is 0. The van der Waals surface area contributed by atoms with E-state index < -0.39 is 29.5 Å². The predicted octanol–water partition coefficient (Wildman–Crippen LogP) is 1.68. The van der Waals surface area contributed by atoms with E-state index in [2.05, 4.69) is 9.72 Å². The molecule has 2 N–H and O–H groups in total. The first-order chi connectivity index (χ1) is 16.8. The number of esters is 1. The molecular formula is C24H23N5O5S. The van der Waals surface area contributed by atoms with Gasteiger partial charge in [-0.25, -0.2) is 14.3 Å². The number of fused-ring (bicyclic) bond motifs is 1. The minimum absolute atomic E-state index is 0.0190. The van der Waals surface area contributed by atoms with Crippen LogP contribution in [0.15, 0.2) is 69.3 Å². The van der Waals surface area contributed by atoms with Crippen molar-refractivity contribution >= 4 is 40.4 Å². The number of ketones is 1. The second kappa shape index (κ2) is 10.0. The monoisotopic (exact) mass is 493 g/mol. The number of carbonyl (C=O) groups is 2. The highest BCUT2D eigenvalue weighted by Gasteiger charge is 2.24. The largest absolute Gasteiger partial charge is 0.468 e. The average Bonchev–Trinajstić information content (AvgIpc) is 3.19. The van der Waals surface area contributed by atoms with Crippen LogP contribution in [0.3, 0.4) is 0 Å². The fourth-order valence-electron chi connectivity index (χ4n) is 3.68. The number of Topliss-reactive ketones (excluding diaryl/α,β-unsaturated/α-hetero) is 1. The van der Waals surface area contributed by atoms with Crippen LogP contribution >= 0.6 is 11.8 Å². The maximum absolute atomic E-state index is 13.2. The molecule has 4 aromatic rings. The number of rotatable bonds is 8. The Hall–Kier alpha value is -4.12. The van der Waals surface area contributed by atoms with Crippen LogP contribution in [-0.2, 0) is 29.7 Å². The molecule has 0 unspecified atom stereocenters. The quantitative estimate of drug-likeness (QED) is 0.223. The van der Waals surface area contributed by atoms with Crippen molar-refractivity contribution in [2.45, 2.75) is 18.2 Å². The van der Waals surface area contributed by atoms with E-state index in [1.165, 1.54) is 0 Å². The van der Waals surface area contributed by atoms with Gasteiger partial charge in [0.05, 0.1) is 30.4 Å². The van der Waals surface area contributed by atoms with Crippen LogP contribution in [0.2, 0.25) is 0 Å². The summed E-state index contributed by atoms with van der Waals surface area (Å²) in [6, 6.07) is 16.5. The smallest absolute Gasteiger partial charge is 0.333 e. The van der Waals surface area contributed by atoms with E-state index in [4.69, 9.17) is 5.73 Å². The van der Waals surface area contributed by atoms with Crippen molar-refractivity contribution in [3.63, 3.8) is 0 Å². The summed E-state index contributed by atoms with van der Waals surface area (Å²) in [6.45, 7) is -0.618. The number of imidazole rings is 1. The van der Waals surface area contributed by atoms with Gasteiger partial charge in [-0.2, -0.15) is 0 Å². The lowest BCUT2D eigenvalue weighted by Crippen LogP contribution is -2.45. The molecule has 2 aromatic heterocycles. The highest BCUT2D eigenvalue weighted by atomic mass is 32.2. The summed E-state index contributed by atoms with van der Waals surface area (Å²) in [5.74, 6) is -1.77. The molecule has 180 valence electrons. The molecule has 2 heterocycles. The van der Waals surface area contributed by atoms with E-state index >= 15 is 0 Å². The van der Waals surface area contributed by atoms with E-state index in [0.717, 1.165) is 40.0 Å². The third kappa shape index (κ3) is 4.76. The van der Waals surface area contributed by atoms with E-state index in [1.54, 1.807) is 24.3 Å². The lowest BCUT2D eigenvalue weighted by molar-refractivity contribution is -0.141. The molecule has 35 heavy (non-hydrogen) atoms. The molecule has 0 amide bonds. The Morgan fingerprint density at radius 3 is 2.40 bits per heavy atom. The van der Waals surface area contributed by atoms with Crippen LogP contribution in [0.25, 0.3) is 11.0 Å². The molecule has 0 atom stereocenters. The number of thioether (sulfide) groups is 1. The average molecular weight is 494 g/mol. The first-order valence-corrected chi connectivity index (χ1v) is 11.6. The number of anilines is 1. The second-order valence-electron chi connectivity index (χ2n) is 7.74. The first kappa shape index (κ1) is 24.0. The Balaban J connectivity index is 1.73. The number of nitrogen functional groups attached to an aromatic ring is 1. The molecule has 0 radical (unpaired) electrons. The summed E-state index contributed by atoms with van der Waals surface area (Å²) in [5.41, 5.74) is 6.53. The Labute approximate surface area is 204 Å². The van der Waals surface area contributed by atoms with Gasteiger partial charge < -0.3 is 15.0 Å². The molecular weight excluding hydrogens is 470 g/mol. The van der Waals surface area contributed by atoms with Crippen LogP contribution in [0.5, 0.6) is 0 Å². The molecule has 0 aliphatic heterocycles. The van der Waals surface area contributed by atoms with Crippen molar-refractivity contribution in [3.8, 4) is 0 Å². The lowest BCUT2D eigenvalue weighted by atomic mass is 10.2. The zero-order valence-electron chi connectivity index (χ0n) is 19.1. The van der Waals surface area contributed by atoms with Gasteiger partial charge in [-0.15, -0.1) is 0 Å². The predicted molar refractivity (Wildman–Crippen MR) is 133 cm³/mol. The zero-order valence-corrected chi connectivity index (χ0v) is 19.9. The van der Waals surface area contributed by atoms with E-state index in [9.17, 15) is 19.2 Å². The Bertz CT molecular complexity index is 1540. The van der Waals surface area contributed by atoms with Crippen molar-refractivity contribution in [1.29, 1.82) is 0 Å². The highest BCUT2D eigenvalue weighted by molar-refractivity contribution is 7.99. The number of hydrogen-bond donors (Lipinski definition) is 1. The number of aryl methyl sites for hydroxylation is 1. The third-order valence-corrected chi connectivity index (χ3v) is 6.55. The van der Waals surface area contributed by atoms with E-state index in [-0.39, 0.29) is 23.7 Å². The molecule has 0 spiro atoms. The fraction of sp³-hybridized carbons (Fsp3) is 0.208. The van der Waals surface area contributed by atoms with E-state index in [1.807, 2.05) is 41.9 Å². The third-order valence-electron chi connectivity index (χ3n) is 5.52. The van der Waals surface area contributed by atoms with Crippen molar-refractivity contribution in [2.75, 3.05) is 18.6 Å². The van der Waals surface area contributed by atoms with Crippen molar-refractivity contribution in [1.82, 2.24) is 18.7 Å². The SMILES string of the molecule is COC(=O)Cn1c(=O)c(C(=O)CSc2nc3ccccc3n2C)c(N)n(Cc2ccccc2)c1=O. The van der Waals surface area contributed by atoms with Gasteiger partial charge in [0.25, 0.3) is 5.56 Å². The summed E-state index contributed by atoms with van der Waals surface area (Å²) in [5, 5.41) is 0.589. The van der Waals surface area contributed by atoms with Crippen LogP contribution < -0.4 is 17.0 Å². The molecule has 11 heteroatoms. The van der Waals surface area contributed by atoms with Crippen molar-refractivity contribution in [2.24, 2.45) is 7.05 Å². The van der Waals surface area contributed by atoms with Gasteiger partial charge in [0, 0.05) is 7.05 Å². The maximum Gasteiger partial charge on any atom is 0.333 e. The van der Waals surface area contributed by atoms with Gasteiger partial charge in [0.15, 0.2) is 10.9 Å². The minimum atomic E-state index is -0.933. The fourth-order valence-corrected chi connectivity index (χ4v) is 4.54. The van der Waals surface area contributed by atoms with Gasteiger partial charge in [-0.1, -0.05) is 54.2 Å². The second-order valence-corrected chi connectivity index (χ2v) is 8.68. The number of benzene rings is 2. The maximum atomic E-state index is 13.2. The van der Waals surface area contributed by atoms with Crippen molar-refractivity contribution in [3.05, 3.63) is 86.6 Å². The zero-order chi connectivity index (χ0) is 25.1. The molecule has 2 aromatic carbocycles. The van der Waals surface area contributed by atoms with Crippen LogP contribution in [0, 0.1) is 0 Å². The lowest BCUT2D eigenvalue weighted by Gasteiger charge is -2.16. The van der Waals surface area contributed by atoms with Crippen LogP contribution in [0.1, 0.15) is 15.9 Å². The minimum Gasteiger partial charge on any atom is -0.468 e. The number of carbonyl (C=O) groups excluding carboxylic acids is 2. The summed E-state index contributed by atoms with van der Waals surface area (Å²) >= 11 is 1.15. The number of hydrogen-bond acceptors (Lipinski definition) is 8. The summed E-state index contributed by atoms with van der Waals surface area (Å²) in [7, 11) is 2.98. The number of para-hydroxylation sites is 2. The molecule has 0 fully saturated rings. The van der Waals surface area contributed by atoms with Crippen LogP contribution in [-0.4, -0.2) is 43.3 Å². The summed E-state index contributed by atoms with van der Waals surface area (Å²) < 4.78 is 8.27. The van der Waals surface area contributed by atoms with Gasteiger partial charge in [0.2, 0.25) is 0 Å². The molecule has 4 rings (SSSR count). The number of aromatic nitrogens is 4. The standard InChI is InChI=1S/C24H23N5O5S/c1-27-17-11-7-6-10-16(17)26-23(27)35-14-18(30)20-21(25)28(12-15-8-4-3-5-9-15)24(33)29(22(20)32)13-19(31)34-2/h3-11H,12-14,25H2,1-2H3. The van der Waals surface area contributed by atoms with E-state index in [0.29, 0.717) is 9.72 Å². The van der Waals surface area contributed by atoms with Gasteiger partial charge in [0.1, 0.15) is 17.9 Å². The molecule has 0 saturated heterocycles. The number of nitrogens with two attached hydrogens (primary N) is 1. The van der Waals surface area contributed by atoms with Crippen molar-refractivity contribution < 1.29 is 14.3 Å². The van der Waals surface area contributed by atoms with Gasteiger partial charge in [-0.3, -0.25) is 19.0 Å². The molecule has 0 bridgehead atoms.